The van der Waals surface area contributed by atoms with Gasteiger partial charge in [0.05, 0.1) is 0 Å². The van der Waals surface area contributed by atoms with E-state index < -0.39 is 0 Å². The Balaban J connectivity index is 1.56. The lowest BCUT2D eigenvalue weighted by Crippen LogP contribution is -2.43. The zero-order valence-corrected chi connectivity index (χ0v) is 9.83. The quantitative estimate of drug-likeness (QED) is 0.750. The third-order valence-electron chi connectivity index (χ3n) is 3.69. The Bertz CT molecular complexity index is 178. The molecule has 1 atom stereocenters. The predicted octanol–water partition coefficient (Wildman–Crippen LogP) is 0.895. The van der Waals surface area contributed by atoms with Gasteiger partial charge in [-0.05, 0) is 64.8 Å². The molecule has 2 N–H and O–H groups in total. The zero-order chi connectivity index (χ0) is 10.5. The van der Waals surface area contributed by atoms with E-state index in [1.807, 2.05) is 0 Å². The number of likely N-dealkylation sites (tertiary alicyclic amines) is 2. The van der Waals surface area contributed by atoms with Gasteiger partial charge in [0.25, 0.3) is 0 Å². The molecule has 15 heavy (non-hydrogen) atoms. The van der Waals surface area contributed by atoms with E-state index >= 15 is 0 Å². The Morgan fingerprint density at radius 2 is 1.60 bits per heavy atom. The number of rotatable bonds is 4. The number of nitrogens with two attached hydrogens (primary N) is 1. The van der Waals surface area contributed by atoms with E-state index in [9.17, 15) is 0 Å². The topological polar surface area (TPSA) is 32.5 Å². The third-order valence-corrected chi connectivity index (χ3v) is 3.69. The molecule has 0 aromatic carbocycles. The summed E-state index contributed by atoms with van der Waals surface area (Å²) >= 11 is 0. The monoisotopic (exact) mass is 211 g/mol. The van der Waals surface area contributed by atoms with E-state index in [4.69, 9.17) is 5.73 Å². The van der Waals surface area contributed by atoms with Gasteiger partial charge in [0, 0.05) is 12.6 Å². The van der Waals surface area contributed by atoms with Gasteiger partial charge in [0.1, 0.15) is 0 Å². The van der Waals surface area contributed by atoms with Gasteiger partial charge < -0.3 is 15.5 Å². The van der Waals surface area contributed by atoms with Crippen molar-refractivity contribution in [2.24, 2.45) is 5.73 Å². The molecule has 0 aliphatic carbocycles. The molecule has 2 fully saturated rings. The average Bonchev–Trinajstić information content (AvgIpc) is 2.71. The highest BCUT2D eigenvalue weighted by atomic mass is 15.2. The van der Waals surface area contributed by atoms with E-state index in [0.717, 1.165) is 6.54 Å². The minimum Gasteiger partial charge on any atom is -0.327 e. The van der Waals surface area contributed by atoms with E-state index in [0.29, 0.717) is 6.04 Å². The van der Waals surface area contributed by atoms with Crippen LogP contribution in [0.15, 0.2) is 0 Å². The molecule has 2 aliphatic rings. The molecule has 0 spiro atoms. The summed E-state index contributed by atoms with van der Waals surface area (Å²) in [6.45, 7) is 7.61. The van der Waals surface area contributed by atoms with Gasteiger partial charge in [-0.25, -0.2) is 0 Å². The second kappa shape index (κ2) is 5.83. The smallest absolute Gasteiger partial charge is 0.0168 e. The lowest BCUT2D eigenvalue weighted by molar-refractivity contribution is 0.196. The molecule has 0 aromatic heterocycles. The SMILES string of the molecule is NC1CCCN(CCCN2CCCC2)C1. The zero-order valence-electron chi connectivity index (χ0n) is 9.83. The first-order chi connectivity index (χ1) is 7.34. The van der Waals surface area contributed by atoms with E-state index in [1.165, 1.54) is 64.8 Å². The van der Waals surface area contributed by atoms with Crippen LogP contribution in [0.3, 0.4) is 0 Å². The van der Waals surface area contributed by atoms with Crippen molar-refractivity contribution in [2.75, 3.05) is 39.3 Å². The van der Waals surface area contributed by atoms with Crippen LogP contribution in [-0.4, -0.2) is 55.1 Å². The van der Waals surface area contributed by atoms with Crippen molar-refractivity contribution in [3.8, 4) is 0 Å². The predicted molar refractivity (Wildman–Crippen MR) is 63.9 cm³/mol. The van der Waals surface area contributed by atoms with Crippen LogP contribution in [0.4, 0.5) is 0 Å². The number of hydrogen-bond acceptors (Lipinski definition) is 3. The molecule has 88 valence electrons. The average molecular weight is 211 g/mol. The molecule has 2 aliphatic heterocycles. The Kier molecular flexibility index (Phi) is 4.42. The highest BCUT2D eigenvalue weighted by Gasteiger charge is 2.16. The van der Waals surface area contributed by atoms with Crippen LogP contribution >= 0.6 is 0 Å². The molecular weight excluding hydrogens is 186 g/mol. The van der Waals surface area contributed by atoms with Crippen molar-refractivity contribution in [3.05, 3.63) is 0 Å². The molecule has 0 aromatic rings. The van der Waals surface area contributed by atoms with Gasteiger partial charge in [-0.2, -0.15) is 0 Å². The number of nitrogens with zero attached hydrogens (tertiary/aromatic N) is 2. The van der Waals surface area contributed by atoms with E-state index in [2.05, 4.69) is 9.80 Å². The van der Waals surface area contributed by atoms with Crippen molar-refractivity contribution < 1.29 is 0 Å². The van der Waals surface area contributed by atoms with Gasteiger partial charge >= 0.3 is 0 Å². The van der Waals surface area contributed by atoms with Crippen molar-refractivity contribution in [3.63, 3.8) is 0 Å². The summed E-state index contributed by atoms with van der Waals surface area (Å²) in [6.07, 6.45) is 6.67. The summed E-state index contributed by atoms with van der Waals surface area (Å²) in [7, 11) is 0. The highest BCUT2D eigenvalue weighted by Crippen LogP contribution is 2.10. The molecule has 2 heterocycles. The molecule has 0 radical (unpaired) electrons. The summed E-state index contributed by atoms with van der Waals surface area (Å²) in [5, 5.41) is 0. The molecule has 0 amide bonds. The normalized spacial score (nSPS) is 29.8. The third kappa shape index (κ3) is 3.74. The summed E-state index contributed by atoms with van der Waals surface area (Å²) in [5.41, 5.74) is 5.97. The highest BCUT2D eigenvalue weighted by molar-refractivity contribution is 4.75. The second-order valence-corrected chi connectivity index (χ2v) is 5.11. The van der Waals surface area contributed by atoms with Gasteiger partial charge in [-0.1, -0.05) is 0 Å². The molecular formula is C12H25N3. The first kappa shape index (κ1) is 11.4. The van der Waals surface area contributed by atoms with Crippen molar-refractivity contribution in [1.29, 1.82) is 0 Å². The fourth-order valence-corrected chi connectivity index (χ4v) is 2.82. The molecule has 2 saturated heterocycles. The largest absolute Gasteiger partial charge is 0.327 e. The van der Waals surface area contributed by atoms with Crippen LogP contribution in [0.2, 0.25) is 0 Å². The van der Waals surface area contributed by atoms with Gasteiger partial charge in [0.2, 0.25) is 0 Å². The lowest BCUT2D eigenvalue weighted by Gasteiger charge is -2.31. The van der Waals surface area contributed by atoms with Crippen LogP contribution in [0.5, 0.6) is 0 Å². The Morgan fingerprint density at radius 1 is 0.933 bits per heavy atom. The lowest BCUT2D eigenvalue weighted by atomic mass is 10.1. The van der Waals surface area contributed by atoms with E-state index in [1.54, 1.807) is 0 Å². The maximum Gasteiger partial charge on any atom is 0.0168 e. The number of piperidine rings is 1. The standard InChI is InChI=1S/C12H25N3/c13-12-5-3-8-15(11-12)10-4-9-14-6-1-2-7-14/h12H,1-11,13H2. The minimum absolute atomic E-state index is 0.436. The van der Waals surface area contributed by atoms with Gasteiger partial charge in [0.15, 0.2) is 0 Å². The molecule has 1 unspecified atom stereocenters. The van der Waals surface area contributed by atoms with Crippen LogP contribution < -0.4 is 5.73 Å². The summed E-state index contributed by atoms with van der Waals surface area (Å²) in [5.74, 6) is 0. The Hall–Kier alpha value is -0.120. The molecule has 0 saturated carbocycles. The van der Waals surface area contributed by atoms with Crippen molar-refractivity contribution in [1.82, 2.24) is 9.80 Å². The first-order valence-corrected chi connectivity index (χ1v) is 6.55. The minimum atomic E-state index is 0.436. The van der Waals surface area contributed by atoms with Gasteiger partial charge in [-0.3, -0.25) is 0 Å². The summed E-state index contributed by atoms with van der Waals surface area (Å²) in [6, 6.07) is 0.436. The van der Waals surface area contributed by atoms with Gasteiger partial charge in [-0.15, -0.1) is 0 Å². The Labute approximate surface area is 93.6 Å². The molecule has 3 nitrogen and oxygen atoms in total. The Morgan fingerprint density at radius 3 is 2.33 bits per heavy atom. The van der Waals surface area contributed by atoms with Crippen molar-refractivity contribution in [2.45, 2.75) is 38.1 Å². The van der Waals surface area contributed by atoms with E-state index in [-0.39, 0.29) is 0 Å². The first-order valence-electron chi connectivity index (χ1n) is 6.55. The maximum atomic E-state index is 5.97. The maximum absolute atomic E-state index is 5.97. The fraction of sp³-hybridized carbons (Fsp3) is 1.00. The molecule has 0 bridgehead atoms. The summed E-state index contributed by atoms with van der Waals surface area (Å²) < 4.78 is 0. The second-order valence-electron chi connectivity index (χ2n) is 5.11. The fourth-order valence-electron chi connectivity index (χ4n) is 2.82. The van der Waals surface area contributed by atoms with Crippen molar-refractivity contribution >= 4 is 0 Å². The molecule has 3 heteroatoms. The van der Waals surface area contributed by atoms with Crippen LogP contribution in [-0.2, 0) is 0 Å². The van der Waals surface area contributed by atoms with Crippen LogP contribution in [0.25, 0.3) is 0 Å². The number of hydrogen-bond donors (Lipinski definition) is 1. The van der Waals surface area contributed by atoms with Crippen LogP contribution in [0.1, 0.15) is 32.1 Å². The van der Waals surface area contributed by atoms with Crippen LogP contribution in [0, 0.1) is 0 Å². The summed E-state index contributed by atoms with van der Waals surface area (Å²) in [4.78, 5) is 5.15. The molecule has 2 rings (SSSR count).